The summed E-state index contributed by atoms with van der Waals surface area (Å²) in [5.74, 6) is 0.884. The van der Waals surface area contributed by atoms with Crippen LogP contribution in [0.5, 0.6) is 0 Å². The molecule has 0 radical (unpaired) electrons. The van der Waals surface area contributed by atoms with Crippen LogP contribution >= 0.6 is 0 Å². The molecule has 0 aromatic rings. The summed E-state index contributed by atoms with van der Waals surface area (Å²) in [6, 6.07) is 0. The first-order chi connectivity index (χ1) is 5.06. The molecule has 0 spiro atoms. The second-order valence-corrected chi connectivity index (χ2v) is 3.12. The van der Waals surface area contributed by atoms with Crippen LogP contribution in [0.4, 0.5) is 0 Å². The number of allylic oxidation sites excluding steroid dienone is 1. The summed E-state index contributed by atoms with van der Waals surface area (Å²) in [6.07, 6.45) is 5.55. The maximum Gasteiger partial charge on any atom is 0.117 e. The van der Waals surface area contributed by atoms with Crippen molar-refractivity contribution >= 4 is 0 Å². The van der Waals surface area contributed by atoms with Crippen molar-refractivity contribution in [1.82, 2.24) is 0 Å². The summed E-state index contributed by atoms with van der Waals surface area (Å²) >= 11 is 0. The molecule has 2 heteroatoms. The number of rotatable bonds is 1. The van der Waals surface area contributed by atoms with E-state index in [1.807, 2.05) is 19.1 Å². The van der Waals surface area contributed by atoms with Crippen LogP contribution in [-0.2, 0) is 4.74 Å². The minimum atomic E-state index is -0.764. The Balaban J connectivity index is 2.84. The monoisotopic (exact) mass is 154 g/mol. The van der Waals surface area contributed by atoms with Crippen molar-refractivity contribution < 1.29 is 9.84 Å². The van der Waals surface area contributed by atoms with Gasteiger partial charge in [0, 0.05) is 5.92 Å². The number of methoxy groups -OCH3 is 1. The molecule has 0 fully saturated rings. The van der Waals surface area contributed by atoms with Crippen LogP contribution in [0.25, 0.3) is 0 Å². The van der Waals surface area contributed by atoms with E-state index in [0.717, 1.165) is 5.76 Å². The largest absolute Gasteiger partial charge is 0.497 e. The Bertz CT molecular complexity index is 202. The number of hydrogen-bond donors (Lipinski definition) is 1. The third kappa shape index (κ3) is 1.63. The Kier molecular flexibility index (Phi) is 2.05. The highest BCUT2D eigenvalue weighted by atomic mass is 16.5. The molecule has 1 aliphatic rings. The van der Waals surface area contributed by atoms with Gasteiger partial charge < -0.3 is 9.84 Å². The molecule has 2 nitrogen and oxygen atoms in total. The molecular weight excluding hydrogens is 140 g/mol. The molecule has 0 bridgehead atoms. The third-order valence-electron chi connectivity index (χ3n) is 2.14. The second-order valence-electron chi connectivity index (χ2n) is 3.12. The molecule has 0 aliphatic heterocycles. The van der Waals surface area contributed by atoms with Crippen LogP contribution < -0.4 is 0 Å². The fraction of sp³-hybridized carbons (Fsp3) is 0.556. The van der Waals surface area contributed by atoms with Crippen LogP contribution in [-0.4, -0.2) is 17.8 Å². The first kappa shape index (κ1) is 8.34. The van der Waals surface area contributed by atoms with Crippen molar-refractivity contribution in [3.8, 4) is 0 Å². The molecule has 2 atom stereocenters. The second kappa shape index (κ2) is 2.70. The van der Waals surface area contributed by atoms with E-state index >= 15 is 0 Å². The van der Waals surface area contributed by atoms with E-state index in [-0.39, 0.29) is 5.92 Å². The highest BCUT2D eigenvalue weighted by Gasteiger charge is 2.27. The number of ether oxygens (including phenoxy) is 1. The van der Waals surface area contributed by atoms with Gasteiger partial charge in [-0.1, -0.05) is 13.0 Å². The van der Waals surface area contributed by atoms with E-state index in [0.29, 0.717) is 0 Å². The van der Waals surface area contributed by atoms with Gasteiger partial charge in [0.2, 0.25) is 0 Å². The topological polar surface area (TPSA) is 29.5 Å². The Morgan fingerprint density at radius 3 is 2.73 bits per heavy atom. The molecule has 1 rings (SSSR count). The van der Waals surface area contributed by atoms with Crippen LogP contribution in [0.2, 0.25) is 0 Å². The van der Waals surface area contributed by atoms with Crippen LogP contribution in [0, 0.1) is 5.92 Å². The predicted octanol–water partition coefficient (Wildman–Crippen LogP) is 1.47. The van der Waals surface area contributed by atoms with Gasteiger partial charge >= 0.3 is 0 Å². The SMILES string of the molecule is COC1=CC(C)(O)C(C)C=C1. The van der Waals surface area contributed by atoms with Gasteiger partial charge in [-0.25, -0.2) is 0 Å². The molecule has 0 aromatic heterocycles. The molecule has 2 unspecified atom stereocenters. The molecule has 0 heterocycles. The zero-order valence-corrected chi connectivity index (χ0v) is 7.16. The van der Waals surface area contributed by atoms with Crippen molar-refractivity contribution in [3.63, 3.8) is 0 Å². The van der Waals surface area contributed by atoms with Crippen molar-refractivity contribution in [2.75, 3.05) is 7.11 Å². The van der Waals surface area contributed by atoms with Gasteiger partial charge in [-0.2, -0.15) is 0 Å². The lowest BCUT2D eigenvalue weighted by molar-refractivity contribution is 0.0671. The number of aliphatic hydroxyl groups is 1. The van der Waals surface area contributed by atoms with Gasteiger partial charge in [-0.05, 0) is 19.1 Å². The zero-order chi connectivity index (χ0) is 8.48. The molecule has 0 amide bonds. The lowest BCUT2D eigenvalue weighted by atomic mass is 9.86. The molecule has 1 aliphatic carbocycles. The summed E-state index contributed by atoms with van der Waals surface area (Å²) in [5, 5.41) is 9.74. The van der Waals surface area contributed by atoms with E-state index in [4.69, 9.17) is 4.74 Å². The Hall–Kier alpha value is -0.760. The van der Waals surface area contributed by atoms with E-state index in [9.17, 15) is 5.11 Å². The third-order valence-corrected chi connectivity index (χ3v) is 2.14. The first-order valence-electron chi connectivity index (χ1n) is 3.73. The summed E-state index contributed by atoms with van der Waals surface area (Å²) in [4.78, 5) is 0. The van der Waals surface area contributed by atoms with Crippen LogP contribution in [0.1, 0.15) is 13.8 Å². The van der Waals surface area contributed by atoms with Crippen molar-refractivity contribution in [3.05, 3.63) is 24.0 Å². The Labute approximate surface area is 67.2 Å². The maximum atomic E-state index is 9.74. The highest BCUT2D eigenvalue weighted by Crippen LogP contribution is 2.26. The van der Waals surface area contributed by atoms with Gasteiger partial charge in [-0.3, -0.25) is 0 Å². The Morgan fingerprint density at radius 2 is 2.27 bits per heavy atom. The smallest absolute Gasteiger partial charge is 0.117 e. The molecule has 0 saturated heterocycles. The van der Waals surface area contributed by atoms with E-state index < -0.39 is 5.60 Å². The standard InChI is InChI=1S/C9H14O2/c1-7-4-5-8(11-3)6-9(7,2)10/h4-7,10H,1-3H3. The van der Waals surface area contributed by atoms with E-state index in [1.165, 1.54) is 0 Å². The molecule has 62 valence electrons. The summed E-state index contributed by atoms with van der Waals surface area (Å²) < 4.78 is 4.99. The normalized spacial score (nSPS) is 36.7. The van der Waals surface area contributed by atoms with E-state index in [1.54, 1.807) is 20.1 Å². The summed E-state index contributed by atoms with van der Waals surface area (Å²) in [7, 11) is 1.60. The van der Waals surface area contributed by atoms with Crippen LogP contribution in [0.15, 0.2) is 24.0 Å². The van der Waals surface area contributed by atoms with Crippen LogP contribution in [0.3, 0.4) is 0 Å². The summed E-state index contributed by atoms with van der Waals surface area (Å²) in [5.41, 5.74) is -0.764. The molecule has 11 heavy (non-hydrogen) atoms. The summed E-state index contributed by atoms with van der Waals surface area (Å²) in [6.45, 7) is 3.75. The van der Waals surface area contributed by atoms with Gasteiger partial charge in [0.15, 0.2) is 0 Å². The number of hydrogen-bond acceptors (Lipinski definition) is 2. The Morgan fingerprint density at radius 1 is 1.64 bits per heavy atom. The lowest BCUT2D eigenvalue weighted by Crippen LogP contribution is -2.31. The fourth-order valence-electron chi connectivity index (χ4n) is 1.03. The zero-order valence-electron chi connectivity index (χ0n) is 7.16. The van der Waals surface area contributed by atoms with Crippen molar-refractivity contribution in [2.24, 2.45) is 5.92 Å². The molecule has 0 aromatic carbocycles. The fourth-order valence-corrected chi connectivity index (χ4v) is 1.03. The highest BCUT2D eigenvalue weighted by molar-refractivity contribution is 5.24. The molecule has 1 N–H and O–H groups in total. The minimum Gasteiger partial charge on any atom is -0.497 e. The minimum absolute atomic E-state index is 0.154. The van der Waals surface area contributed by atoms with Gasteiger partial charge in [0.1, 0.15) is 5.76 Å². The predicted molar refractivity (Wildman–Crippen MR) is 44.0 cm³/mol. The van der Waals surface area contributed by atoms with Gasteiger partial charge in [0.05, 0.1) is 12.7 Å². The van der Waals surface area contributed by atoms with Gasteiger partial charge in [-0.15, -0.1) is 0 Å². The van der Waals surface area contributed by atoms with Crippen molar-refractivity contribution in [1.29, 1.82) is 0 Å². The quantitative estimate of drug-likeness (QED) is 0.619. The average Bonchev–Trinajstić information content (AvgIpc) is 1.95. The molecular formula is C9H14O2. The average molecular weight is 154 g/mol. The lowest BCUT2D eigenvalue weighted by Gasteiger charge is -2.28. The van der Waals surface area contributed by atoms with Crippen molar-refractivity contribution in [2.45, 2.75) is 19.4 Å². The maximum absolute atomic E-state index is 9.74. The van der Waals surface area contributed by atoms with E-state index in [2.05, 4.69) is 0 Å². The van der Waals surface area contributed by atoms with Gasteiger partial charge in [0.25, 0.3) is 0 Å². The molecule has 0 saturated carbocycles. The first-order valence-corrected chi connectivity index (χ1v) is 3.73.